The summed E-state index contributed by atoms with van der Waals surface area (Å²) >= 11 is 0. The lowest BCUT2D eigenvalue weighted by Gasteiger charge is -2.26. The highest BCUT2D eigenvalue weighted by Crippen LogP contribution is 2.31. The van der Waals surface area contributed by atoms with Gasteiger partial charge >= 0.3 is 0 Å². The summed E-state index contributed by atoms with van der Waals surface area (Å²) in [5, 5.41) is 10.5. The molecular formula is C14H15FO2. The number of aliphatic hydroxyl groups is 1. The van der Waals surface area contributed by atoms with Crippen LogP contribution in [-0.4, -0.2) is 5.11 Å². The zero-order valence-corrected chi connectivity index (χ0v) is 9.69. The molecule has 0 bridgehead atoms. The second-order valence-electron chi connectivity index (χ2n) is 4.12. The highest BCUT2D eigenvalue weighted by molar-refractivity contribution is 5.25. The second kappa shape index (κ2) is 4.72. The molecule has 0 aliphatic rings. The molecule has 0 spiro atoms. The predicted octanol–water partition coefficient (Wildman–Crippen LogP) is 3.26. The summed E-state index contributed by atoms with van der Waals surface area (Å²) in [7, 11) is 0. The molecule has 0 radical (unpaired) electrons. The quantitative estimate of drug-likeness (QED) is 0.880. The lowest BCUT2D eigenvalue weighted by Crippen LogP contribution is -2.28. The van der Waals surface area contributed by atoms with Crippen LogP contribution in [0, 0.1) is 5.82 Å². The Kier molecular flexibility index (Phi) is 3.29. The molecule has 0 fully saturated rings. The third kappa shape index (κ3) is 2.39. The molecule has 1 aromatic carbocycles. The number of hydrogen-bond acceptors (Lipinski definition) is 2. The Morgan fingerprint density at radius 1 is 1.24 bits per heavy atom. The Labute approximate surface area is 99.7 Å². The van der Waals surface area contributed by atoms with Crippen molar-refractivity contribution in [3.63, 3.8) is 0 Å². The lowest BCUT2D eigenvalue weighted by atomic mass is 9.86. The van der Waals surface area contributed by atoms with Crippen molar-refractivity contribution in [1.82, 2.24) is 0 Å². The van der Waals surface area contributed by atoms with E-state index in [1.807, 2.05) is 6.92 Å². The van der Waals surface area contributed by atoms with Crippen LogP contribution in [0.1, 0.15) is 24.7 Å². The molecule has 2 aromatic rings. The molecule has 1 atom stereocenters. The van der Waals surface area contributed by atoms with Gasteiger partial charge in [-0.15, -0.1) is 0 Å². The summed E-state index contributed by atoms with van der Waals surface area (Å²) < 4.78 is 18.9. The fraction of sp³-hybridized carbons (Fsp3) is 0.286. The van der Waals surface area contributed by atoms with E-state index in [1.54, 1.807) is 36.6 Å². The van der Waals surface area contributed by atoms with Crippen molar-refractivity contribution in [1.29, 1.82) is 0 Å². The van der Waals surface area contributed by atoms with Crippen LogP contribution in [0.5, 0.6) is 0 Å². The summed E-state index contributed by atoms with van der Waals surface area (Å²) in [5.41, 5.74) is -0.901. The fourth-order valence-corrected chi connectivity index (χ4v) is 1.95. The van der Waals surface area contributed by atoms with Crippen LogP contribution in [0.3, 0.4) is 0 Å². The summed E-state index contributed by atoms with van der Waals surface area (Å²) in [6.07, 6.45) is 2.25. The zero-order chi connectivity index (χ0) is 12.3. The van der Waals surface area contributed by atoms with Crippen molar-refractivity contribution in [2.75, 3.05) is 0 Å². The van der Waals surface area contributed by atoms with Crippen molar-refractivity contribution >= 4 is 0 Å². The molecule has 2 rings (SSSR count). The molecule has 0 saturated carbocycles. The van der Waals surface area contributed by atoms with Crippen molar-refractivity contribution in [2.45, 2.75) is 25.4 Å². The van der Waals surface area contributed by atoms with E-state index < -0.39 is 5.60 Å². The van der Waals surface area contributed by atoms with Gasteiger partial charge in [-0.3, -0.25) is 0 Å². The minimum atomic E-state index is -1.22. The molecule has 0 aliphatic carbocycles. The van der Waals surface area contributed by atoms with Crippen LogP contribution in [0.4, 0.5) is 4.39 Å². The van der Waals surface area contributed by atoms with Gasteiger partial charge in [0.15, 0.2) is 0 Å². The van der Waals surface area contributed by atoms with Crippen LogP contribution in [0.25, 0.3) is 0 Å². The standard InChI is InChI=1S/C14H15FO2/c1-2-14(16,10-11-6-5-9-17-11)12-7-3-4-8-13(12)15/h3-9,16H,2,10H2,1H3. The van der Waals surface area contributed by atoms with Gasteiger partial charge in [0.25, 0.3) is 0 Å². The first-order chi connectivity index (χ1) is 8.15. The van der Waals surface area contributed by atoms with Crippen LogP contribution in [0.2, 0.25) is 0 Å². The Bertz CT molecular complexity index is 479. The smallest absolute Gasteiger partial charge is 0.129 e. The van der Waals surface area contributed by atoms with Gasteiger partial charge < -0.3 is 9.52 Å². The first-order valence-electron chi connectivity index (χ1n) is 5.65. The molecule has 1 aromatic heterocycles. The maximum atomic E-state index is 13.7. The minimum absolute atomic E-state index is 0.275. The van der Waals surface area contributed by atoms with E-state index in [4.69, 9.17) is 4.42 Å². The molecule has 3 heteroatoms. The summed E-state index contributed by atoms with van der Waals surface area (Å²) in [4.78, 5) is 0. The van der Waals surface area contributed by atoms with Gasteiger partial charge in [0.1, 0.15) is 11.6 Å². The molecule has 2 nitrogen and oxygen atoms in total. The van der Waals surface area contributed by atoms with Gasteiger partial charge in [-0.25, -0.2) is 4.39 Å². The van der Waals surface area contributed by atoms with E-state index in [9.17, 15) is 9.50 Å². The van der Waals surface area contributed by atoms with Crippen LogP contribution in [-0.2, 0) is 12.0 Å². The van der Waals surface area contributed by atoms with Crippen molar-refractivity contribution in [3.05, 3.63) is 59.8 Å². The maximum Gasteiger partial charge on any atom is 0.129 e. The van der Waals surface area contributed by atoms with Crippen LogP contribution in [0.15, 0.2) is 47.1 Å². The Morgan fingerprint density at radius 2 is 2.00 bits per heavy atom. The molecule has 1 N–H and O–H groups in total. The van der Waals surface area contributed by atoms with Crippen molar-refractivity contribution in [2.24, 2.45) is 0 Å². The topological polar surface area (TPSA) is 33.4 Å². The molecule has 0 amide bonds. The highest BCUT2D eigenvalue weighted by Gasteiger charge is 2.31. The molecule has 0 aliphatic heterocycles. The molecule has 1 unspecified atom stereocenters. The fourth-order valence-electron chi connectivity index (χ4n) is 1.95. The SMILES string of the molecule is CCC(O)(Cc1ccco1)c1ccccc1F. The highest BCUT2D eigenvalue weighted by atomic mass is 19.1. The summed E-state index contributed by atoms with van der Waals surface area (Å²) in [6.45, 7) is 1.83. The van der Waals surface area contributed by atoms with E-state index in [-0.39, 0.29) is 12.2 Å². The summed E-state index contributed by atoms with van der Waals surface area (Å²) in [5.74, 6) is 0.265. The van der Waals surface area contributed by atoms with E-state index in [0.717, 1.165) is 0 Å². The number of rotatable bonds is 4. The largest absolute Gasteiger partial charge is 0.469 e. The van der Waals surface area contributed by atoms with Gasteiger partial charge in [0, 0.05) is 12.0 Å². The average Bonchev–Trinajstić information content (AvgIpc) is 2.82. The van der Waals surface area contributed by atoms with Gasteiger partial charge in [-0.05, 0) is 24.6 Å². The monoisotopic (exact) mass is 234 g/mol. The molecule has 17 heavy (non-hydrogen) atoms. The van der Waals surface area contributed by atoms with Gasteiger partial charge in [-0.2, -0.15) is 0 Å². The predicted molar refractivity (Wildman–Crippen MR) is 63.0 cm³/mol. The van der Waals surface area contributed by atoms with E-state index in [2.05, 4.69) is 0 Å². The first kappa shape index (κ1) is 11.9. The van der Waals surface area contributed by atoms with Crippen molar-refractivity contribution in [3.8, 4) is 0 Å². The zero-order valence-electron chi connectivity index (χ0n) is 9.69. The molecule has 1 heterocycles. The number of benzene rings is 1. The van der Waals surface area contributed by atoms with E-state index in [0.29, 0.717) is 17.7 Å². The van der Waals surface area contributed by atoms with Gasteiger partial charge in [-0.1, -0.05) is 25.1 Å². The first-order valence-corrected chi connectivity index (χ1v) is 5.65. The average molecular weight is 234 g/mol. The third-order valence-corrected chi connectivity index (χ3v) is 3.01. The molecule has 0 saturated heterocycles. The lowest BCUT2D eigenvalue weighted by molar-refractivity contribution is 0.0242. The molecule has 90 valence electrons. The van der Waals surface area contributed by atoms with Gasteiger partial charge in [0.2, 0.25) is 0 Å². The third-order valence-electron chi connectivity index (χ3n) is 3.01. The molecular weight excluding hydrogens is 219 g/mol. The van der Waals surface area contributed by atoms with Crippen LogP contribution < -0.4 is 0 Å². The normalized spacial score (nSPS) is 14.5. The Morgan fingerprint density at radius 3 is 2.59 bits per heavy atom. The van der Waals surface area contributed by atoms with Crippen LogP contribution >= 0.6 is 0 Å². The summed E-state index contributed by atoms with van der Waals surface area (Å²) in [6, 6.07) is 9.84. The second-order valence-corrected chi connectivity index (χ2v) is 4.12. The Balaban J connectivity index is 2.34. The van der Waals surface area contributed by atoms with Crippen molar-refractivity contribution < 1.29 is 13.9 Å². The van der Waals surface area contributed by atoms with E-state index >= 15 is 0 Å². The van der Waals surface area contributed by atoms with Gasteiger partial charge in [0.05, 0.1) is 11.9 Å². The Hall–Kier alpha value is -1.61. The number of hydrogen-bond donors (Lipinski definition) is 1. The maximum absolute atomic E-state index is 13.7. The van der Waals surface area contributed by atoms with E-state index in [1.165, 1.54) is 6.07 Å². The number of furan rings is 1. The number of halogens is 1. The minimum Gasteiger partial charge on any atom is -0.469 e.